The molecule has 0 aliphatic heterocycles. The van der Waals surface area contributed by atoms with Crippen molar-refractivity contribution in [3.63, 3.8) is 0 Å². The quantitative estimate of drug-likeness (QED) is 0.915. The average molecular weight is 258 g/mol. The Morgan fingerprint density at radius 3 is 2.65 bits per heavy atom. The van der Waals surface area contributed by atoms with E-state index in [-0.39, 0.29) is 17.2 Å². The molecule has 0 bridgehead atoms. The highest BCUT2D eigenvalue weighted by atomic mass is 35.5. The molecule has 0 spiro atoms. The maximum absolute atomic E-state index is 13.4. The Morgan fingerprint density at radius 1 is 1.24 bits per heavy atom. The van der Waals surface area contributed by atoms with Gasteiger partial charge in [0, 0.05) is 0 Å². The van der Waals surface area contributed by atoms with E-state index < -0.39 is 17.7 Å². The van der Waals surface area contributed by atoms with Crippen molar-refractivity contribution in [1.82, 2.24) is 0 Å². The molecule has 2 aromatic rings. The molecule has 2 nitrogen and oxygen atoms in total. The van der Waals surface area contributed by atoms with E-state index >= 15 is 0 Å². The van der Waals surface area contributed by atoms with Crippen LogP contribution in [0.1, 0.15) is 17.4 Å². The first kappa shape index (κ1) is 12.1. The lowest BCUT2D eigenvalue weighted by Gasteiger charge is -2.09. The molecule has 5 heteroatoms. The number of rotatable bonds is 3. The second-order valence-electron chi connectivity index (χ2n) is 3.67. The molecule has 1 aromatic carbocycles. The molecular formula is C12H10ClF2NO. The summed E-state index contributed by atoms with van der Waals surface area (Å²) < 4.78 is 31.5. The molecule has 1 aromatic heterocycles. The summed E-state index contributed by atoms with van der Waals surface area (Å²) in [7, 11) is 0. The predicted octanol–water partition coefficient (Wildman–Crippen LogP) is 3.45. The minimum Gasteiger partial charge on any atom is -0.448 e. The van der Waals surface area contributed by atoms with Crippen LogP contribution in [0.3, 0.4) is 0 Å². The Hall–Kier alpha value is -1.39. The van der Waals surface area contributed by atoms with Crippen LogP contribution in [-0.2, 0) is 6.42 Å². The Kier molecular flexibility index (Phi) is 3.45. The molecule has 0 aliphatic rings. The molecule has 1 atom stereocenters. The molecule has 90 valence electrons. The summed E-state index contributed by atoms with van der Waals surface area (Å²) in [6.45, 7) is 0. The molecule has 0 radical (unpaired) electrons. The van der Waals surface area contributed by atoms with Gasteiger partial charge in [0.15, 0.2) is 16.9 Å². The molecule has 2 N–H and O–H groups in total. The van der Waals surface area contributed by atoms with Gasteiger partial charge in [0.05, 0.1) is 6.04 Å². The Morgan fingerprint density at radius 2 is 2.00 bits per heavy atom. The lowest BCUT2D eigenvalue weighted by Crippen LogP contribution is -2.13. The summed E-state index contributed by atoms with van der Waals surface area (Å²) >= 11 is 5.61. The second-order valence-corrected chi connectivity index (χ2v) is 4.04. The minimum atomic E-state index is -0.882. The van der Waals surface area contributed by atoms with Crippen molar-refractivity contribution in [1.29, 1.82) is 0 Å². The summed E-state index contributed by atoms with van der Waals surface area (Å²) in [6.07, 6.45) is 0.146. The van der Waals surface area contributed by atoms with E-state index in [2.05, 4.69) is 0 Å². The van der Waals surface area contributed by atoms with Crippen molar-refractivity contribution in [2.45, 2.75) is 12.5 Å². The number of halogens is 3. The summed E-state index contributed by atoms with van der Waals surface area (Å²) in [5, 5.41) is 0.218. The van der Waals surface area contributed by atoms with Crippen LogP contribution >= 0.6 is 11.6 Å². The fourth-order valence-electron chi connectivity index (χ4n) is 1.57. The third kappa shape index (κ3) is 2.65. The van der Waals surface area contributed by atoms with Crippen molar-refractivity contribution in [2.24, 2.45) is 5.73 Å². The van der Waals surface area contributed by atoms with Gasteiger partial charge in [-0.25, -0.2) is 8.78 Å². The highest BCUT2D eigenvalue weighted by Crippen LogP contribution is 2.23. The lowest BCUT2D eigenvalue weighted by molar-refractivity contribution is 0.454. The Balaban J connectivity index is 2.18. The molecule has 0 aliphatic carbocycles. The van der Waals surface area contributed by atoms with Gasteiger partial charge >= 0.3 is 0 Å². The van der Waals surface area contributed by atoms with Crippen LogP contribution in [-0.4, -0.2) is 0 Å². The van der Waals surface area contributed by atoms with Crippen LogP contribution in [0.15, 0.2) is 34.7 Å². The van der Waals surface area contributed by atoms with E-state index in [0.717, 1.165) is 6.07 Å². The van der Waals surface area contributed by atoms with Crippen molar-refractivity contribution in [3.05, 3.63) is 58.5 Å². The van der Waals surface area contributed by atoms with Gasteiger partial charge in [0.1, 0.15) is 5.76 Å². The van der Waals surface area contributed by atoms with Gasteiger partial charge in [-0.2, -0.15) is 0 Å². The smallest absolute Gasteiger partial charge is 0.193 e. The highest BCUT2D eigenvalue weighted by molar-refractivity contribution is 6.28. The number of furan rings is 1. The van der Waals surface area contributed by atoms with Crippen LogP contribution in [0.4, 0.5) is 8.78 Å². The first-order valence-corrected chi connectivity index (χ1v) is 5.39. The van der Waals surface area contributed by atoms with E-state index in [9.17, 15) is 8.78 Å². The molecule has 1 unspecified atom stereocenters. The first-order chi connectivity index (χ1) is 8.08. The van der Waals surface area contributed by atoms with Gasteiger partial charge < -0.3 is 10.2 Å². The van der Waals surface area contributed by atoms with Crippen molar-refractivity contribution in [3.8, 4) is 0 Å². The average Bonchev–Trinajstić information content (AvgIpc) is 2.72. The van der Waals surface area contributed by atoms with Crippen molar-refractivity contribution >= 4 is 11.6 Å². The zero-order chi connectivity index (χ0) is 12.4. The Labute approximate surface area is 102 Å². The molecule has 2 rings (SSSR count). The summed E-state index contributed by atoms with van der Waals surface area (Å²) in [5.41, 5.74) is 6.03. The molecule has 1 heterocycles. The van der Waals surface area contributed by atoms with Crippen LogP contribution < -0.4 is 5.73 Å². The van der Waals surface area contributed by atoms with Gasteiger partial charge in [-0.3, -0.25) is 0 Å². The second kappa shape index (κ2) is 4.85. The van der Waals surface area contributed by atoms with E-state index in [1.807, 2.05) is 0 Å². The van der Waals surface area contributed by atoms with E-state index in [4.69, 9.17) is 21.8 Å². The fraction of sp³-hybridized carbons (Fsp3) is 0.167. The maximum Gasteiger partial charge on any atom is 0.193 e. The minimum absolute atomic E-state index is 0.146. The molecule has 0 saturated carbocycles. The van der Waals surface area contributed by atoms with Crippen molar-refractivity contribution < 1.29 is 13.2 Å². The number of benzene rings is 1. The van der Waals surface area contributed by atoms with Crippen LogP contribution in [0.25, 0.3) is 0 Å². The summed E-state index contributed by atoms with van der Waals surface area (Å²) in [6, 6.07) is 6.61. The highest BCUT2D eigenvalue weighted by Gasteiger charge is 2.15. The molecule has 0 fully saturated rings. The predicted molar refractivity (Wildman–Crippen MR) is 60.7 cm³/mol. The standard InChI is InChI=1S/C12H10ClF2NO/c13-11-5-4-10(17-11)9(16)6-7-2-1-3-8(14)12(7)15/h1-5,9H,6,16H2. The topological polar surface area (TPSA) is 39.2 Å². The molecule has 0 saturated heterocycles. The fourth-order valence-corrected chi connectivity index (χ4v) is 1.72. The normalized spacial score (nSPS) is 12.7. The van der Waals surface area contributed by atoms with E-state index in [1.165, 1.54) is 12.1 Å². The largest absolute Gasteiger partial charge is 0.448 e. The molecule has 17 heavy (non-hydrogen) atoms. The van der Waals surface area contributed by atoms with Gasteiger partial charge in [-0.05, 0) is 41.8 Å². The number of hydrogen-bond acceptors (Lipinski definition) is 2. The Bertz CT molecular complexity index is 527. The van der Waals surface area contributed by atoms with Gasteiger partial charge in [0.25, 0.3) is 0 Å². The van der Waals surface area contributed by atoms with E-state index in [1.54, 1.807) is 12.1 Å². The third-order valence-electron chi connectivity index (χ3n) is 2.43. The first-order valence-electron chi connectivity index (χ1n) is 5.01. The van der Waals surface area contributed by atoms with Crippen LogP contribution in [0.2, 0.25) is 5.22 Å². The van der Waals surface area contributed by atoms with Gasteiger partial charge in [-0.15, -0.1) is 0 Å². The number of nitrogens with two attached hydrogens (primary N) is 1. The summed E-state index contributed by atoms with van der Waals surface area (Å²) in [5.74, 6) is -1.31. The monoisotopic (exact) mass is 257 g/mol. The van der Waals surface area contributed by atoms with Crippen molar-refractivity contribution in [2.75, 3.05) is 0 Å². The molecule has 0 amide bonds. The zero-order valence-electron chi connectivity index (χ0n) is 8.79. The number of hydrogen-bond donors (Lipinski definition) is 1. The lowest BCUT2D eigenvalue weighted by atomic mass is 10.0. The van der Waals surface area contributed by atoms with Gasteiger partial charge in [-0.1, -0.05) is 12.1 Å². The van der Waals surface area contributed by atoms with Crippen LogP contribution in [0, 0.1) is 11.6 Å². The summed E-state index contributed by atoms with van der Waals surface area (Å²) in [4.78, 5) is 0. The third-order valence-corrected chi connectivity index (χ3v) is 2.63. The van der Waals surface area contributed by atoms with Crippen LogP contribution in [0.5, 0.6) is 0 Å². The molecular weight excluding hydrogens is 248 g/mol. The zero-order valence-corrected chi connectivity index (χ0v) is 9.55. The van der Waals surface area contributed by atoms with E-state index in [0.29, 0.717) is 5.76 Å². The van der Waals surface area contributed by atoms with Gasteiger partial charge in [0.2, 0.25) is 0 Å². The SMILES string of the molecule is NC(Cc1cccc(F)c1F)c1ccc(Cl)o1. The maximum atomic E-state index is 13.4.